The average molecular weight is 583 g/mol. The van der Waals surface area contributed by atoms with Gasteiger partial charge in [0.05, 0.1) is 19.8 Å². The van der Waals surface area contributed by atoms with Crippen molar-refractivity contribution in [3.8, 4) is 11.5 Å². The smallest absolute Gasteiger partial charge is 0.249 e. The third-order valence-corrected chi connectivity index (χ3v) is 7.08. The summed E-state index contributed by atoms with van der Waals surface area (Å²) in [5.74, 6) is 0.0682. The molecule has 1 saturated heterocycles. The van der Waals surface area contributed by atoms with E-state index in [-0.39, 0.29) is 30.8 Å². The number of rotatable bonds is 12. The van der Waals surface area contributed by atoms with Crippen LogP contribution in [0.1, 0.15) is 5.56 Å². The average Bonchev–Trinajstić information content (AvgIpc) is 3.04. The van der Waals surface area contributed by atoms with E-state index >= 15 is 0 Å². The Bertz CT molecular complexity index is 1450. The van der Waals surface area contributed by atoms with Crippen molar-refractivity contribution in [2.24, 2.45) is 0 Å². The van der Waals surface area contributed by atoms with E-state index < -0.39 is 6.04 Å². The first-order valence-electron chi connectivity index (χ1n) is 14.3. The lowest BCUT2D eigenvalue weighted by molar-refractivity contribution is -0.128. The highest BCUT2D eigenvalue weighted by Gasteiger charge is 2.24. The van der Waals surface area contributed by atoms with Crippen molar-refractivity contribution in [3.05, 3.63) is 121 Å². The Morgan fingerprint density at radius 2 is 1.37 bits per heavy atom. The Labute approximate surface area is 251 Å². The summed E-state index contributed by atoms with van der Waals surface area (Å²) in [7, 11) is 0. The first kappa shape index (κ1) is 29.8. The molecule has 8 nitrogen and oxygen atoms in total. The molecule has 0 saturated carbocycles. The van der Waals surface area contributed by atoms with Crippen LogP contribution in [0.2, 0.25) is 0 Å². The summed E-state index contributed by atoms with van der Waals surface area (Å²) in [6.07, 6.45) is 0. The van der Waals surface area contributed by atoms with Gasteiger partial charge in [0.1, 0.15) is 23.4 Å². The maximum atomic E-state index is 13.3. The van der Waals surface area contributed by atoms with E-state index in [9.17, 15) is 14.0 Å². The zero-order valence-corrected chi connectivity index (χ0v) is 23.8. The number of nitrogens with one attached hydrogen (secondary N) is 2. The molecular formula is C34H35FN4O4. The topological polar surface area (TPSA) is 83.1 Å². The number of hydrogen-bond acceptors (Lipinski definition) is 6. The molecular weight excluding hydrogens is 547 g/mol. The van der Waals surface area contributed by atoms with Gasteiger partial charge in [-0.25, -0.2) is 4.39 Å². The predicted molar refractivity (Wildman–Crippen MR) is 165 cm³/mol. The molecule has 0 aliphatic carbocycles. The highest BCUT2D eigenvalue weighted by Crippen LogP contribution is 2.23. The summed E-state index contributed by atoms with van der Waals surface area (Å²) in [6, 6.07) is 31.5. The molecule has 1 aliphatic rings. The van der Waals surface area contributed by atoms with Gasteiger partial charge in [0.2, 0.25) is 11.8 Å². The van der Waals surface area contributed by atoms with Crippen molar-refractivity contribution < 1.29 is 23.5 Å². The molecule has 0 bridgehead atoms. The Hall–Kier alpha value is -4.73. The van der Waals surface area contributed by atoms with Crippen LogP contribution in [0.25, 0.3) is 0 Å². The predicted octanol–water partition coefficient (Wildman–Crippen LogP) is 5.08. The van der Waals surface area contributed by atoms with Crippen LogP contribution in [-0.2, 0) is 20.9 Å². The molecule has 0 radical (unpaired) electrons. The summed E-state index contributed by atoms with van der Waals surface area (Å²) in [6.45, 7) is 3.66. The molecule has 2 N–H and O–H groups in total. The van der Waals surface area contributed by atoms with Gasteiger partial charge in [-0.1, -0.05) is 48.5 Å². The maximum Gasteiger partial charge on any atom is 0.249 e. The summed E-state index contributed by atoms with van der Waals surface area (Å²) < 4.78 is 24.7. The summed E-state index contributed by atoms with van der Waals surface area (Å²) in [5, 5.41) is 5.74. The van der Waals surface area contributed by atoms with Gasteiger partial charge in [-0.05, 0) is 66.2 Å². The van der Waals surface area contributed by atoms with Crippen molar-refractivity contribution in [1.29, 1.82) is 0 Å². The number of hydrogen-bond donors (Lipinski definition) is 2. The molecule has 0 aromatic heterocycles. The molecule has 1 fully saturated rings. The fourth-order valence-electron chi connectivity index (χ4n) is 4.77. The number of benzene rings is 4. The Balaban J connectivity index is 1.16. The minimum absolute atomic E-state index is 0.0139. The second-order valence-corrected chi connectivity index (χ2v) is 10.3. The molecule has 1 heterocycles. The molecule has 0 unspecified atom stereocenters. The molecule has 4 aromatic carbocycles. The molecule has 1 aliphatic heterocycles. The normalized spacial score (nSPS) is 14.1. The number of nitrogens with zero attached hydrogens (tertiary/aromatic N) is 2. The monoisotopic (exact) mass is 582 g/mol. The Kier molecular flexibility index (Phi) is 10.3. The Morgan fingerprint density at radius 3 is 2.02 bits per heavy atom. The van der Waals surface area contributed by atoms with Gasteiger partial charge < -0.3 is 25.0 Å². The molecule has 222 valence electrons. The van der Waals surface area contributed by atoms with E-state index in [4.69, 9.17) is 9.47 Å². The third kappa shape index (κ3) is 9.13. The van der Waals surface area contributed by atoms with Crippen LogP contribution in [0.3, 0.4) is 0 Å². The van der Waals surface area contributed by atoms with E-state index in [0.717, 1.165) is 31.7 Å². The minimum atomic E-state index is -0.892. The van der Waals surface area contributed by atoms with E-state index in [0.29, 0.717) is 23.8 Å². The van der Waals surface area contributed by atoms with Gasteiger partial charge in [-0.3, -0.25) is 14.5 Å². The third-order valence-electron chi connectivity index (χ3n) is 7.08. The maximum absolute atomic E-state index is 13.3. The molecule has 0 spiro atoms. The van der Waals surface area contributed by atoms with E-state index in [1.54, 1.807) is 24.3 Å². The highest BCUT2D eigenvalue weighted by atomic mass is 19.1. The number of anilines is 2. The zero-order chi connectivity index (χ0) is 29.9. The van der Waals surface area contributed by atoms with Gasteiger partial charge >= 0.3 is 0 Å². The van der Waals surface area contributed by atoms with Gasteiger partial charge in [-0.15, -0.1) is 0 Å². The lowest BCUT2D eigenvalue weighted by Gasteiger charge is -2.35. The van der Waals surface area contributed by atoms with Crippen LogP contribution in [0.5, 0.6) is 11.5 Å². The van der Waals surface area contributed by atoms with Crippen molar-refractivity contribution in [2.75, 3.05) is 49.5 Å². The molecule has 5 rings (SSSR count). The van der Waals surface area contributed by atoms with E-state index in [1.165, 1.54) is 30.0 Å². The fraction of sp³-hybridized carbons (Fsp3) is 0.235. The van der Waals surface area contributed by atoms with Crippen LogP contribution in [0.4, 0.5) is 15.8 Å². The number of para-hydroxylation sites is 1. The lowest BCUT2D eigenvalue weighted by atomic mass is 10.2. The number of carbonyl (C=O) groups is 2. The largest absolute Gasteiger partial charge is 0.457 e. The second-order valence-electron chi connectivity index (χ2n) is 10.3. The first-order chi connectivity index (χ1) is 21.0. The van der Waals surface area contributed by atoms with Gasteiger partial charge in [0, 0.05) is 37.6 Å². The van der Waals surface area contributed by atoms with Crippen LogP contribution < -0.4 is 20.3 Å². The van der Waals surface area contributed by atoms with Crippen molar-refractivity contribution >= 4 is 23.2 Å². The van der Waals surface area contributed by atoms with Crippen molar-refractivity contribution in [2.45, 2.75) is 12.6 Å². The summed E-state index contributed by atoms with van der Waals surface area (Å²) in [5.41, 5.74) is 2.69. The van der Waals surface area contributed by atoms with Crippen LogP contribution in [-0.4, -0.2) is 62.1 Å². The number of ether oxygens (including phenoxy) is 2. The van der Waals surface area contributed by atoms with Gasteiger partial charge in [0.15, 0.2) is 0 Å². The SMILES string of the molecule is O=C(CN1CCN(c2ccccc2)CC1)N[C@@H](COCc1ccccc1)C(=O)Nc1ccc(Oc2ccc(F)cc2)cc1. The van der Waals surface area contributed by atoms with Gasteiger partial charge in [-0.2, -0.15) is 0 Å². The number of carbonyl (C=O) groups excluding carboxylic acids is 2. The molecule has 2 amide bonds. The molecule has 4 aromatic rings. The zero-order valence-electron chi connectivity index (χ0n) is 23.8. The van der Waals surface area contributed by atoms with Crippen LogP contribution >= 0.6 is 0 Å². The minimum Gasteiger partial charge on any atom is -0.457 e. The number of halogens is 1. The number of piperazine rings is 1. The van der Waals surface area contributed by atoms with Crippen LogP contribution in [0, 0.1) is 5.82 Å². The standard InChI is InChI=1S/C34H35FN4O4/c35-27-11-15-30(16-12-27)43-31-17-13-28(14-18-31)36-34(41)32(25-42-24-26-7-3-1-4-8-26)37-33(40)23-38-19-21-39(22-20-38)29-9-5-2-6-10-29/h1-18,32H,19-25H2,(H,36,41)(H,37,40)/t32-/m0/s1. The fourth-order valence-corrected chi connectivity index (χ4v) is 4.77. The molecule has 43 heavy (non-hydrogen) atoms. The summed E-state index contributed by atoms with van der Waals surface area (Å²) in [4.78, 5) is 30.8. The highest BCUT2D eigenvalue weighted by molar-refractivity contribution is 5.97. The van der Waals surface area contributed by atoms with Crippen molar-refractivity contribution in [1.82, 2.24) is 10.2 Å². The quantitative estimate of drug-likeness (QED) is 0.243. The summed E-state index contributed by atoms with van der Waals surface area (Å²) >= 11 is 0. The lowest BCUT2D eigenvalue weighted by Crippen LogP contribution is -2.53. The van der Waals surface area contributed by atoms with Crippen molar-refractivity contribution in [3.63, 3.8) is 0 Å². The molecule has 1 atom stereocenters. The first-order valence-corrected chi connectivity index (χ1v) is 14.3. The number of amides is 2. The van der Waals surface area contributed by atoms with E-state index in [2.05, 4.69) is 32.6 Å². The molecule has 9 heteroatoms. The van der Waals surface area contributed by atoms with E-state index in [1.807, 2.05) is 48.5 Å². The Morgan fingerprint density at radius 1 is 0.767 bits per heavy atom. The second kappa shape index (κ2) is 14.9. The van der Waals surface area contributed by atoms with Crippen LogP contribution in [0.15, 0.2) is 109 Å². The van der Waals surface area contributed by atoms with Gasteiger partial charge in [0.25, 0.3) is 0 Å².